The van der Waals surface area contributed by atoms with Crippen molar-refractivity contribution in [2.24, 2.45) is 0 Å². The molecule has 0 N–H and O–H groups in total. The second-order valence-electron chi connectivity index (χ2n) is 9.17. The predicted octanol–water partition coefficient (Wildman–Crippen LogP) is 4.34. The van der Waals surface area contributed by atoms with E-state index in [4.69, 9.17) is 4.74 Å². The number of nitrogens with zero attached hydrogens (tertiary/aromatic N) is 4. The molecule has 1 aromatic heterocycles. The van der Waals surface area contributed by atoms with Gasteiger partial charge < -0.3 is 14.2 Å². The molecule has 6 rings (SSSR count). The number of rotatable bonds is 1. The number of allylic oxidation sites excluding steroid dienone is 4. The molecule has 0 saturated carbocycles. The molecule has 1 atom stereocenters. The summed E-state index contributed by atoms with van der Waals surface area (Å²) in [6.07, 6.45) is 10.7. The molecule has 0 radical (unpaired) electrons. The molecule has 3 aliphatic rings. The first kappa shape index (κ1) is 20.9. The molecule has 3 aromatic rings. The van der Waals surface area contributed by atoms with Gasteiger partial charge in [-0.3, -0.25) is 9.69 Å². The van der Waals surface area contributed by atoms with E-state index in [1.165, 1.54) is 5.57 Å². The standard InChI is InChI=1S/C28H28N4O2/c33-28-26-16-22-8-4-5-12-27(22)34-25-11-6-7-21(15-25)18-31-20-29-17-24(31)19-30(26)13-14-32(28)23-9-2-1-3-10-23/h1-5,7-10,12,15,17,20,26H,6,11,13-14,16,18-19H2. The van der Waals surface area contributed by atoms with E-state index in [9.17, 15) is 4.79 Å². The summed E-state index contributed by atoms with van der Waals surface area (Å²) < 4.78 is 8.62. The average Bonchev–Trinajstić information content (AvgIpc) is 3.29. The Balaban J connectivity index is 1.41. The second kappa shape index (κ2) is 8.95. The van der Waals surface area contributed by atoms with Crippen molar-refractivity contribution in [1.29, 1.82) is 0 Å². The van der Waals surface area contributed by atoms with Gasteiger partial charge in [0.15, 0.2) is 0 Å². The lowest BCUT2D eigenvalue weighted by Crippen LogP contribution is -2.57. The lowest BCUT2D eigenvalue weighted by Gasteiger charge is -2.41. The summed E-state index contributed by atoms with van der Waals surface area (Å²) in [5, 5.41) is 0. The summed E-state index contributed by atoms with van der Waals surface area (Å²) in [5.74, 6) is 1.96. The van der Waals surface area contributed by atoms with E-state index in [2.05, 4.69) is 32.7 Å². The molecule has 0 spiro atoms. The van der Waals surface area contributed by atoms with Gasteiger partial charge in [0.1, 0.15) is 11.5 Å². The van der Waals surface area contributed by atoms with E-state index in [0.717, 1.165) is 54.4 Å². The van der Waals surface area contributed by atoms with E-state index in [1.807, 2.05) is 66.0 Å². The molecule has 2 aromatic carbocycles. The quantitative estimate of drug-likeness (QED) is 0.551. The smallest absolute Gasteiger partial charge is 0.244 e. The molecule has 1 aliphatic carbocycles. The zero-order valence-electron chi connectivity index (χ0n) is 19.1. The molecule has 3 heterocycles. The van der Waals surface area contributed by atoms with Crippen LogP contribution >= 0.6 is 0 Å². The number of hydrogen-bond acceptors (Lipinski definition) is 4. The number of imidazole rings is 1. The summed E-state index contributed by atoms with van der Waals surface area (Å²) in [6.45, 7) is 2.91. The predicted molar refractivity (Wildman–Crippen MR) is 131 cm³/mol. The zero-order chi connectivity index (χ0) is 22.9. The third-order valence-corrected chi connectivity index (χ3v) is 6.96. The van der Waals surface area contributed by atoms with Crippen molar-refractivity contribution < 1.29 is 9.53 Å². The average molecular weight is 453 g/mol. The van der Waals surface area contributed by atoms with Crippen LogP contribution in [0.2, 0.25) is 0 Å². The molecule has 2 bridgehead atoms. The summed E-state index contributed by atoms with van der Waals surface area (Å²) in [5.41, 5.74) is 4.38. The third kappa shape index (κ3) is 4.05. The van der Waals surface area contributed by atoms with Crippen LogP contribution in [0.1, 0.15) is 24.1 Å². The highest BCUT2D eigenvalue weighted by atomic mass is 16.5. The fourth-order valence-electron chi connectivity index (χ4n) is 5.18. The molecule has 6 heteroatoms. The first-order chi connectivity index (χ1) is 16.7. The fourth-order valence-corrected chi connectivity index (χ4v) is 5.18. The number of hydrogen-bond donors (Lipinski definition) is 0. The number of anilines is 1. The summed E-state index contributed by atoms with van der Waals surface area (Å²) in [4.78, 5) is 22.6. The van der Waals surface area contributed by atoms with Gasteiger partial charge >= 0.3 is 0 Å². The number of aromatic nitrogens is 2. The van der Waals surface area contributed by atoms with Crippen molar-refractivity contribution in [2.75, 3.05) is 18.0 Å². The van der Waals surface area contributed by atoms with E-state index < -0.39 is 0 Å². The van der Waals surface area contributed by atoms with Crippen LogP contribution in [-0.4, -0.2) is 39.5 Å². The van der Waals surface area contributed by atoms with Gasteiger partial charge in [0, 0.05) is 50.9 Å². The first-order valence-electron chi connectivity index (χ1n) is 12.0. The summed E-state index contributed by atoms with van der Waals surface area (Å²) >= 11 is 0. The number of para-hydroxylation sites is 2. The van der Waals surface area contributed by atoms with Gasteiger partial charge in [-0.15, -0.1) is 0 Å². The highest BCUT2D eigenvalue weighted by Gasteiger charge is 2.36. The van der Waals surface area contributed by atoms with E-state index in [0.29, 0.717) is 19.5 Å². The van der Waals surface area contributed by atoms with Crippen LogP contribution in [0, 0.1) is 0 Å². The van der Waals surface area contributed by atoms with Crippen molar-refractivity contribution in [3.8, 4) is 5.75 Å². The van der Waals surface area contributed by atoms with Crippen LogP contribution < -0.4 is 9.64 Å². The van der Waals surface area contributed by atoms with Gasteiger partial charge in [-0.05, 0) is 41.8 Å². The van der Waals surface area contributed by atoms with Crippen LogP contribution in [0.5, 0.6) is 5.75 Å². The Labute approximate surface area is 199 Å². The maximum atomic E-state index is 13.9. The van der Waals surface area contributed by atoms with Crippen LogP contribution in [0.4, 0.5) is 5.69 Å². The van der Waals surface area contributed by atoms with Crippen molar-refractivity contribution in [3.05, 3.63) is 102 Å². The van der Waals surface area contributed by atoms with Gasteiger partial charge in [0.25, 0.3) is 0 Å². The Morgan fingerprint density at radius 1 is 0.971 bits per heavy atom. The molecular formula is C28H28N4O2. The number of carbonyl (C=O) groups is 1. The minimum atomic E-state index is -0.282. The van der Waals surface area contributed by atoms with Gasteiger partial charge in [-0.2, -0.15) is 0 Å². The monoisotopic (exact) mass is 452 g/mol. The minimum absolute atomic E-state index is 0.133. The van der Waals surface area contributed by atoms with Gasteiger partial charge in [0.05, 0.1) is 18.1 Å². The lowest BCUT2D eigenvalue weighted by molar-refractivity contribution is -0.126. The Kier molecular flexibility index (Phi) is 5.51. The topological polar surface area (TPSA) is 50.6 Å². The van der Waals surface area contributed by atoms with Gasteiger partial charge in [-0.1, -0.05) is 42.5 Å². The maximum absolute atomic E-state index is 13.9. The zero-order valence-corrected chi connectivity index (χ0v) is 19.1. The van der Waals surface area contributed by atoms with Crippen LogP contribution in [0.15, 0.2) is 90.6 Å². The highest BCUT2D eigenvalue weighted by Crippen LogP contribution is 2.30. The molecule has 34 heavy (non-hydrogen) atoms. The van der Waals surface area contributed by atoms with Crippen LogP contribution in [-0.2, 0) is 24.3 Å². The van der Waals surface area contributed by atoms with Crippen LogP contribution in [0.3, 0.4) is 0 Å². The second-order valence-corrected chi connectivity index (χ2v) is 9.17. The Morgan fingerprint density at radius 2 is 1.82 bits per heavy atom. The molecule has 1 fully saturated rings. The molecule has 172 valence electrons. The fraction of sp³-hybridized carbons (Fsp3) is 0.286. The third-order valence-electron chi connectivity index (χ3n) is 6.96. The van der Waals surface area contributed by atoms with Crippen molar-refractivity contribution in [2.45, 2.75) is 38.4 Å². The normalized spacial score (nSPS) is 20.9. The molecule has 6 nitrogen and oxygen atoms in total. The molecule has 2 aliphatic heterocycles. The molecule has 1 amide bonds. The molecule has 1 saturated heterocycles. The SMILES string of the molecule is O=C1C2Cc3ccccc3OC3=CC(=CCC3)Cn3cncc3CN2CCN1c1ccccc1. The highest BCUT2D eigenvalue weighted by molar-refractivity contribution is 5.98. The Morgan fingerprint density at radius 3 is 2.74 bits per heavy atom. The van der Waals surface area contributed by atoms with E-state index in [1.54, 1.807) is 0 Å². The van der Waals surface area contributed by atoms with Gasteiger partial charge in [-0.25, -0.2) is 4.98 Å². The van der Waals surface area contributed by atoms with E-state index in [-0.39, 0.29) is 11.9 Å². The largest absolute Gasteiger partial charge is 0.461 e. The Bertz CT molecular complexity index is 1260. The number of amides is 1. The lowest BCUT2D eigenvalue weighted by atomic mass is 9.99. The number of carbonyl (C=O) groups excluding carboxylic acids is 1. The molecule has 1 unspecified atom stereocenters. The number of fused-ring (bicyclic) bond motifs is 4. The molecular weight excluding hydrogens is 424 g/mol. The van der Waals surface area contributed by atoms with E-state index >= 15 is 0 Å². The van der Waals surface area contributed by atoms with Crippen LogP contribution in [0.25, 0.3) is 0 Å². The van der Waals surface area contributed by atoms with Crippen molar-refractivity contribution in [3.63, 3.8) is 0 Å². The minimum Gasteiger partial charge on any atom is -0.461 e. The Hall–Kier alpha value is -3.64. The maximum Gasteiger partial charge on any atom is 0.244 e. The van der Waals surface area contributed by atoms with Gasteiger partial charge in [0.2, 0.25) is 5.91 Å². The number of ether oxygens (including phenoxy) is 1. The van der Waals surface area contributed by atoms with Crippen molar-refractivity contribution >= 4 is 11.6 Å². The summed E-state index contributed by atoms with van der Waals surface area (Å²) in [6, 6.07) is 17.9. The van der Waals surface area contributed by atoms with Crippen molar-refractivity contribution in [1.82, 2.24) is 14.5 Å². The summed E-state index contributed by atoms with van der Waals surface area (Å²) in [7, 11) is 0. The number of benzene rings is 2. The number of piperazine rings is 1. The first-order valence-corrected chi connectivity index (χ1v) is 12.0.